The predicted molar refractivity (Wildman–Crippen MR) is 148 cm³/mol. The van der Waals surface area contributed by atoms with Gasteiger partial charge in [0.15, 0.2) is 6.23 Å². The fraction of sp³-hybridized carbons (Fsp3) is 0.345. The van der Waals surface area contributed by atoms with Crippen LogP contribution in [0.5, 0.6) is 5.75 Å². The summed E-state index contributed by atoms with van der Waals surface area (Å²) in [7, 11) is -2.08. The molecule has 0 amide bonds. The lowest BCUT2D eigenvalue weighted by Crippen LogP contribution is -2.45. The van der Waals surface area contributed by atoms with Crippen LogP contribution in [-0.2, 0) is 21.4 Å². The lowest BCUT2D eigenvalue weighted by atomic mass is 9.69. The van der Waals surface area contributed by atoms with Crippen molar-refractivity contribution in [3.8, 4) is 5.75 Å². The van der Waals surface area contributed by atoms with E-state index in [1.54, 1.807) is 48.1 Å². The largest absolute Gasteiger partial charge is 0.481 e. The molecule has 0 fully saturated rings. The van der Waals surface area contributed by atoms with Crippen LogP contribution in [0.15, 0.2) is 59.5 Å². The molecule has 3 aliphatic rings. The number of para-hydroxylation sites is 1. The molecule has 2 unspecified atom stereocenters. The van der Waals surface area contributed by atoms with Gasteiger partial charge < -0.3 is 25.4 Å². The SMILES string of the molecule is Cc1ccc2cc1CN1C[C@H](Oc3ccccc3S1(=O)=O)N1[N-]N(C)c3ccc(c(C)c31)C2C(C)(C)C(=O)O. The number of anilines is 2. The maximum absolute atomic E-state index is 14.0. The summed E-state index contributed by atoms with van der Waals surface area (Å²) in [5, 5.41) is 13.8. The smallest absolute Gasteiger partial charge is 0.310 e. The number of nitrogens with zero attached hydrogens (tertiary/aromatic N) is 4. The van der Waals surface area contributed by atoms with E-state index in [9.17, 15) is 18.3 Å². The Morgan fingerprint density at radius 3 is 2.59 bits per heavy atom. The first-order chi connectivity index (χ1) is 18.4. The maximum atomic E-state index is 14.0. The Hall–Kier alpha value is -3.60. The van der Waals surface area contributed by atoms with Crippen LogP contribution < -0.4 is 14.8 Å². The molecule has 3 heterocycles. The zero-order valence-corrected chi connectivity index (χ0v) is 23.4. The van der Waals surface area contributed by atoms with E-state index in [4.69, 9.17) is 10.3 Å². The lowest BCUT2D eigenvalue weighted by Gasteiger charge is -2.43. The first kappa shape index (κ1) is 25.7. The Morgan fingerprint density at radius 1 is 1.10 bits per heavy atom. The number of sulfonamides is 1. The van der Waals surface area contributed by atoms with E-state index < -0.39 is 33.6 Å². The molecular formula is C29H31N4O5S-. The molecule has 6 rings (SSSR count). The Balaban J connectivity index is 1.67. The zero-order chi connectivity index (χ0) is 27.9. The van der Waals surface area contributed by atoms with Gasteiger partial charge in [0.2, 0.25) is 10.0 Å². The number of benzene rings is 3. The highest BCUT2D eigenvalue weighted by Crippen LogP contribution is 2.51. The zero-order valence-electron chi connectivity index (χ0n) is 22.5. The summed E-state index contributed by atoms with van der Waals surface area (Å²) in [6, 6.07) is 16.5. The fourth-order valence-corrected chi connectivity index (χ4v) is 7.51. The van der Waals surface area contributed by atoms with Crippen molar-refractivity contribution in [2.45, 2.75) is 51.3 Å². The molecule has 0 aliphatic carbocycles. The molecule has 39 heavy (non-hydrogen) atoms. The van der Waals surface area contributed by atoms with E-state index in [2.05, 4.69) is 0 Å². The van der Waals surface area contributed by atoms with Gasteiger partial charge in [-0.2, -0.15) is 4.31 Å². The second-order valence-electron chi connectivity index (χ2n) is 11.1. The van der Waals surface area contributed by atoms with Crippen molar-refractivity contribution in [2.75, 3.05) is 23.6 Å². The highest BCUT2D eigenvalue weighted by atomic mass is 32.2. The summed E-state index contributed by atoms with van der Waals surface area (Å²) in [6.45, 7) is 7.54. The summed E-state index contributed by atoms with van der Waals surface area (Å²) in [5.74, 6) is -1.15. The van der Waals surface area contributed by atoms with Crippen molar-refractivity contribution in [1.29, 1.82) is 0 Å². The normalized spacial score (nSPS) is 23.2. The highest BCUT2D eigenvalue weighted by Gasteiger charge is 2.43. The molecule has 3 aromatic carbocycles. The van der Waals surface area contributed by atoms with Gasteiger partial charge >= 0.3 is 5.97 Å². The van der Waals surface area contributed by atoms with Crippen molar-refractivity contribution >= 4 is 27.4 Å². The maximum Gasteiger partial charge on any atom is 0.310 e. The quantitative estimate of drug-likeness (QED) is 0.485. The Morgan fingerprint density at radius 2 is 1.85 bits per heavy atom. The first-order valence-corrected chi connectivity index (χ1v) is 14.3. The van der Waals surface area contributed by atoms with Gasteiger partial charge in [-0.15, -0.1) is 0 Å². The third kappa shape index (κ3) is 3.81. The van der Waals surface area contributed by atoms with Crippen LogP contribution in [0.2, 0.25) is 0 Å². The highest BCUT2D eigenvalue weighted by molar-refractivity contribution is 7.89. The van der Waals surface area contributed by atoms with Crippen LogP contribution in [0, 0.1) is 19.3 Å². The van der Waals surface area contributed by atoms with Gasteiger partial charge in [-0.05, 0) is 80.8 Å². The Kier molecular flexibility index (Phi) is 5.73. The molecule has 0 saturated heterocycles. The van der Waals surface area contributed by atoms with Crippen molar-refractivity contribution in [3.05, 3.63) is 87.9 Å². The van der Waals surface area contributed by atoms with Crippen molar-refractivity contribution < 1.29 is 23.1 Å². The molecule has 6 bridgehead atoms. The van der Waals surface area contributed by atoms with E-state index in [1.807, 2.05) is 51.2 Å². The number of ether oxygens (including phenoxy) is 1. The van der Waals surface area contributed by atoms with Gasteiger partial charge in [-0.3, -0.25) is 4.79 Å². The summed E-state index contributed by atoms with van der Waals surface area (Å²) in [5.41, 5.74) is 9.52. The van der Waals surface area contributed by atoms with Crippen LogP contribution in [0.25, 0.3) is 5.53 Å². The fourth-order valence-electron chi connectivity index (χ4n) is 5.98. The molecule has 9 nitrogen and oxygen atoms in total. The molecule has 3 atom stereocenters. The van der Waals surface area contributed by atoms with Crippen LogP contribution >= 0.6 is 0 Å². The topological polar surface area (TPSA) is 104 Å². The number of aliphatic carboxylic acids is 1. The average Bonchev–Trinajstić information content (AvgIpc) is 3.17. The van der Waals surface area contributed by atoms with Crippen LogP contribution in [0.3, 0.4) is 0 Å². The second-order valence-corrected chi connectivity index (χ2v) is 13.0. The van der Waals surface area contributed by atoms with Gasteiger partial charge in [0, 0.05) is 23.8 Å². The van der Waals surface area contributed by atoms with Crippen LogP contribution in [0.4, 0.5) is 11.4 Å². The van der Waals surface area contributed by atoms with Gasteiger partial charge in [-0.25, -0.2) is 8.42 Å². The summed E-state index contributed by atoms with van der Waals surface area (Å²) >= 11 is 0. The number of aryl methyl sites for hydroxylation is 1. The molecule has 204 valence electrons. The van der Waals surface area contributed by atoms with Crippen molar-refractivity contribution in [1.82, 2.24) is 4.31 Å². The third-order valence-corrected chi connectivity index (χ3v) is 10.1. The lowest BCUT2D eigenvalue weighted by molar-refractivity contribution is -0.147. The Labute approximate surface area is 228 Å². The minimum Gasteiger partial charge on any atom is -0.481 e. The van der Waals surface area contributed by atoms with E-state index in [1.165, 1.54) is 4.31 Å². The molecule has 0 aromatic heterocycles. The molecule has 10 heteroatoms. The Bertz CT molecular complexity index is 1620. The summed E-state index contributed by atoms with van der Waals surface area (Å²) in [4.78, 5) is 12.7. The molecular weight excluding hydrogens is 516 g/mol. The number of carboxylic acids is 1. The van der Waals surface area contributed by atoms with Crippen LogP contribution in [-0.4, -0.2) is 43.6 Å². The van der Waals surface area contributed by atoms with Crippen LogP contribution in [0.1, 0.15) is 47.6 Å². The third-order valence-electron chi connectivity index (χ3n) is 8.26. The van der Waals surface area contributed by atoms with E-state index in [0.717, 1.165) is 39.2 Å². The number of hydrogen-bond acceptors (Lipinski definition) is 6. The first-order valence-electron chi connectivity index (χ1n) is 12.9. The van der Waals surface area contributed by atoms with E-state index in [0.29, 0.717) is 0 Å². The molecule has 0 radical (unpaired) electrons. The number of carboxylic acid groups (broad SMARTS) is 1. The summed E-state index contributed by atoms with van der Waals surface area (Å²) < 4.78 is 35.8. The number of rotatable bonds is 2. The minimum atomic E-state index is -3.92. The molecule has 3 aliphatic heterocycles. The number of carbonyl (C=O) groups is 1. The molecule has 0 saturated carbocycles. The minimum absolute atomic E-state index is 0.0468. The molecule has 1 N–H and O–H groups in total. The van der Waals surface area contributed by atoms with Gasteiger partial charge in [-0.1, -0.05) is 36.4 Å². The molecule has 0 spiro atoms. The number of hydrogen-bond donors (Lipinski definition) is 1. The standard InChI is InChI=1S/C29H31N4O5S/c1-17-10-11-19-14-20(17)15-32-16-25(38-23-8-6-7-9-24(23)39(32,36)37)33-27-18(2)21(12-13-22(27)31(5)30-33)26(19)29(3,4)28(34)35/h6-14,25-26H,15-16H2,1-5H3,(H,34,35)/q-1/t25-,26?/m0/s1. The van der Waals surface area contributed by atoms with Crippen molar-refractivity contribution in [2.24, 2.45) is 5.41 Å². The van der Waals surface area contributed by atoms with Gasteiger partial charge in [0.25, 0.3) is 0 Å². The van der Waals surface area contributed by atoms with E-state index >= 15 is 0 Å². The average molecular weight is 548 g/mol. The predicted octanol–water partition coefficient (Wildman–Crippen LogP) is 4.93. The number of fused-ring (bicyclic) bond motifs is 7. The van der Waals surface area contributed by atoms with Gasteiger partial charge in [0.1, 0.15) is 10.6 Å². The van der Waals surface area contributed by atoms with E-state index in [-0.39, 0.29) is 23.7 Å². The second kappa shape index (κ2) is 8.70. The van der Waals surface area contributed by atoms with Gasteiger partial charge in [0.05, 0.1) is 12.0 Å². The molecule has 3 aromatic rings. The monoisotopic (exact) mass is 547 g/mol. The summed E-state index contributed by atoms with van der Waals surface area (Å²) in [6.07, 6.45) is -0.755. The van der Waals surface area contributed by atoms with Crippen molar-refractivity contribution in [3.63, 3.8) is 0 Å².